The molecule has 0 amide bonds. The van der Waals surface area contributed by atoms with Crippen LogP contribution in [0.3, 0.4) is 0 Å². The van der Waals surface area contributed by atoms with Crippen LogP contribution < -0.4 is 0 Å². The first-order valence-electron chi connectivity index (χ1n) is 8.73. The Morgan fingerprint density at radius 2 is 1.17 bits per heavy atom. The van der Waals surface area contributed by atoms with Gasteiger partial charge in [-0.25, -0.2) is 0 Å². The zero-order valence-electron chi connectivity index (χ0n) is 15.4. The fourth-order valence-corrected chi connectivity index (χ4v) is 4.74. The van der Waals surface area contributed by atoms with Gasteiger partial charge in [0.15, 0.2) is 0 Å². The molecule has 0 N–H and O–H groups in total. The van der Waals surface area contributed by atoms with E-state index >= 15 is 0 Å². The molecule has 130 valence electrons. The molecule has 0 bridgehead atoms. The third kappa shape index (κ3) is 4.24. The van der Waals surface area contributed by atoms with Gasteiger partial charge in [0.05, 0.1) is 0 Å². The Morgan fingerprint density at radius 1 is 0.792 bits per heavy atom. The molecule has 24 heavy (non-hydrogen) atoms. The second-order valence-electron chi connectivity index (χ2n) is 6.95. The van der Waals surface area contributed by atoms with E-state index in [0.29, 0.717) is 17.8 Å². The van der Waals surface area contributed by atoms with E-state index in [4.69, 9.17) is 0 Å². The van der Waals surface area contributed by atoms with Crippen molar-refractivity contribution >= 4 is 6.88 Å². The quantitative estimate of drug-likeness (QED) is 0.380. The van der Waals surface area contributed by atoms with E-state index in [1.165, 1.54) is 74.7 Å². The molecule has 4 aliphatic carbocycles. The van der Waals surface area contributed by atoms with Crippen molar-refractivity contribution in [2.24, 2.45) is 17.8 Å². The maximum atomic E-state index is 4.61. The Morgan fingerprint density at radius 3 is 1.58 bits per heavy atom. The summed E-state index contributed by atoms with van der Waals surface area (Å²) in [5.41, 5.74) is 6.76. The standard InChI is InChI=1S/C20H25.2CH3.Si.Zr/c1-14(17-12-10-15-6-2-4-8-19(15)17)18-13-11-16-7-3-5-9-20(16)18;;;;/h10-14,17-18H,1-9H2;2*1H3;;/q3*-1;;. The molecule has 0 spiro atoms. The molecule has 4 aliphatic rings. The fraction of sp³-hybridized carbons (Fsp3) is 0.500. The van der Waals surface area contributed by atoms with E-state index in [2.05, 4.69) is 38.1 Å². The zero-order valence-corrected chi connectivity index (χ0v) is 18.9. The van der Waals surface area contributed by atoms with Crippen LogP contribution in [0.2, 0.25) is 0 Å². The van der Waals surface area contributed by atoms with Crippen molar-refractivity contribution in [3.63, 3.8) is 0 Å². The first kappa shape index (κ1) is 22.1. The number of allylic oxidation sites excluding steroid dienone is 8. The third-order valence-corrected chi connectivity index (χ3v) is 5.85. The molecule has 0 saturated heterocycles. The van der Waals surface area contributed by atoms with E-state index < -0.39 is 0 Å². The van der Waals surface area contributed by atoms with Gasteiger partial charge in [-0.05, 0) is 74.3 Å². The number of hydrogen-bond acceptors (Lipinski definition) is 0. The van der Waals surface area contributed by atoms with Crippen molar-refractivity contribution in [3.8, 4) is 0 Å². The van der Waals surface area contributed by atoms with Crippen molar-refractivity contribution in [2.45, 2.75) is 51.4 Å². The van der Waals surface area contributed by atoms with Crippen molar-refractivity contribution in [3.05, 3.63) is 68.4 Å². The van der Waals surface area contributed by atoms with E-state index in [0.717, 1.165) is 0 Å². The summed E-state index contributed by atoms with van der Waals surface area (Å²) in [7, 11) is 0. The summed E-state index contributed by atoms with van der Waals surface area (Å²) in [6, 6.07) is 0. The second kappa shape index (κ2) is 10.3. The normalized spacial score (nSPS) is 28.2. The Labute approximate surface area is 167 Å². The van der Waals surface area contributed by atoms with Crippen LogP contribution in [0.4, 0.5) is 0 Å². The molecular formula is C22H31SiZr-3. The molecule has 0 fully saturated rings. The molecule has 0 nitrogen and oxygen atoms in total. The predicted molar refractivity (Wildman–Crippen MR) is 104 cm³/mol. The summed E-state index contributed by atoms with van der Waals surface area (Å²) in [6.45, 7) is 7.68. The molecule has 0 aromatic carbocycles. The van der Waals surface area contributed by atoms with Crippen molar-refractivity contribution in [1.82, 2.24) is 0 Å². The van der Waals surface area contributed by atoms with Gasteiger partial charge in [0.1, 0.15) is 0 Å². The predicted octanol–water partition coefficient (Wildman–Crippen LogP) is 6.07. The van der Waals surface area contributed by atoms with Crippen LogP contribution in [0.15, 0.2) is 46.6 Å². The topological polar surface area (TPSA) is 0 Å². The summed E-state index contributed by atoms with van der Waals surface area (Å²) < 4.78 is 0. The van der Waals surface area contributed by atoms with Gasteiger partial charge >= 0.3 is 30.2 Å². The van der Waals surface area contributed by atoms with E-state index in [-0.39, 0.29) is 14.9 Å². The average molecular weight is 415 g/mol. The van der Waals surface area contributed by atoms with Gasteiger partial charge < -0.3 is 21.8 Å². The molecule has 2 atom stereocenters. The molecular weight excluding hydrogens is 384 g/mol. The van der Waals surface area contributed by atoms with Crippen LogP contribution in [0.25, 0.3) is 0 Å². The van der Waals surface area contributed by atoms with Crippen LogP contribution in [-0.4, -0.2) is 6.88 Å². The van der Waals surface area contributed by atoms with Crippen LogP contribution >= 0.6 is 0 Å². The van der Waals surface area contributed by atoms with E-state index in [1.54, 1.807) is 22.3 Å². The number of hydrogen-bond donors (Lipinski definition) is 0. The van der Waals surface area contributed by atoms with Gasteiger partial charge in [-0.2, -0.15) is 0 Å². The van der Waals surface area contributed by atoms with Crippen molar-refractivity contribution < 1.29 is 23.3 Å². The first-order chi connectivity index (χ1) is 10.8. The average Bonchev–Trinajstić information content (AvgIpc) is 3.20. The molecule has 0 aromatic heterocycles. The molecule has 0 aromatic rings. The van der Waals surface area contributed by atoms with E-state index in [1.807, 2.05) is 0 Å². The molecule has 0 heterocycles. The Bertz CT molecular complexity index is 504. The maximum absolute atomic E-state index is 4.61. The van der Waals surface area contributed by atoms with Gasteiger partial charge in [-0.3, -0.25) is 0 Å². The van der Waals surface area contributed by atoms with Crippen molar-refractivity contribution in [2.75, 3.05) is 0 Å². The van der Waals surface area contributed by atoms with E-state index in [9.17, 15) is 0 Å². The molecule has 2 heteroatoms. The summed E-state index contributed by atoms with van der Waals surface area (Å²) >= 11 is 1.36. The van der Waals surface area contributed by atoms with Crippen molar-refractivity contribution in [1.29, 1.82) is 0 Å². The van der Waals surface area contributed by atoms with Gasteiger partial charge in [0, 0.05) is 0 Å². The van der Waals surface area contributed by atoms with Crippen LogP contribution in [-0.2, 0) is 23.3 Å². The van der Waals surface area contributed by atoms with Crippen LogP contribution in [0.5, 0.6) is 0 Å². The molecule has 0 saturated carbocycles. The summed E-state index contributed by atoms with van der Waals surface area (Å²) in [6.07, 6.45) is 20.5. The Hall–Kier alpha value is 0.0600. The van der Waals surface area contributed by atoms with Gasteiger partial charge in [0.2, 0.25) is 0 Å². The van der Waals surface area contributed by atoms with Crippen LogP contribution in [0.1, 0.15) is 51.4 Å². The Balaban J connectivity index is 0.000000695. The minimum atomic E-state index is 0. The summed E-state index contributed by atoms with van der Waals surface area (Å²) in [4.78, 5) is 0. The first-order valence-corrected chi connectivity index (χ1v) is 12.9. The van der Waals surface area contributed by atoms with Crippen LogP contribution in [0, 0.1) is 39.5 Å². The SMILES string of the molecule is [CH2-]C(C1C=CC2=C1CCCC2)C1C=CC2=C1CCCC2.[CH3-].[CH3-].[Si]=[Zr]. The van der Waals surface area contributed by atoms with Gasteiger partial charge in [-0.1, -0.05) is 35.5 Å². The number of rotatable bonds is 2. The molecule has 2 unspecified atom stereocenters. The van der Waals surface area contributed by atoms with Gasteiger partial charge in [-0.15, -0.1) is 5.92 Å². The fourth-order valence-electron chi connectivity index (χ4n) is 4.74. The van der Waals surface area contributed by atoms with Gasteiger partial charge in [0.25, 0.3) is 0 Å². The molecule has 4 rings (SSSR count). The molecule has 0 aliphatic heterocycles. The second-order valence-corrected chi connectivity index (χ2v) is 6.95. The monoisotopic (exact) mass is 413 g/mol. The third-order valence-electron chi connectivity index (χ3n) is 5.85. The zero-order chi connectivity index (χ0) is 15.5. The minimum absolute atomic E-state index is 0. The Kier molecular flexibility index (Phi) is 9.46. The molecule has 2 radical (unpaired) electrons. The summed E-state index contributed by atoms with van der Waals surface area (Å²) in [5.74, 6) is 1.75. The summed E-state index contributed by atoms with van der Waals surface area (Å²) in [5, 5.41) is 0.